The van der Waals surface area contributed by atoms with Crippen LogP contribution >= 0.6 is 11.3 Å². The molecule has 80 valence electrons. The molecule has 0 aromatic carbocycles. The summed E-state index contributed by atoms with van der Waals surface area (Å²) in [6, 6.07) is 0. The molecule has 0 aliphatic heterocycles. The van der Waals surface area contributed by atoms with Gasteiger partial charge >= 0.3 is 6.18 Å². The molecule has 0 spiro atoms. The molecule has 0 saturated carbocycles. The number of nitrogens with two attached hydrogens (primary N) is 1. The molecular formula is C7H9F3N2OS. The molecule has 14 heavy (non-hydrogen) atoms. The summed E-state index contributed by atoms with van der Waals surface area (Å²) in [7, 11) is 0. The Morgan fingerprint density at radius 2 is 2.21 bits per heavy atom. The number of rotatable bonds is 4. The Morgan fingerprint density at radius 1 is 1.50 bits per heavy atom. The normalized spacial score (nSPS) is 11.9. The molecule has 3 nitrogen and oxygen atoms in total. The van der Waals surface area contributed by atoms with Gasteiger partial charge in [0.1, 0.15) is 12.4 Å². The third kappa shape index (κ3) is 4.43. The quantitative estimate of drug-likeness (QED) is 0.797. The van der Waals surface area contributed by atoms with E-state index in [2.05, 4.69) is 9.72 Å². The summed E-state index contributed by atoms with van der Waals surface area (Å²) in [5, 5.41) is 2.32. The number of halogens is 3. The van der Waals surface area contributed by atoms with Gasteiger partial charge in [0.2, 0.25) is 0 Å². The number of thiazole rings is 1. The Bertz CT molecular complexity index is 287. The number of nitrogen functional groups attached to an aromatic ring is 1. The maximum atomic E-state index is 11.6. The number of hydrogen-bond donors (Lipinski definition) is 1. The average Bonchev–Trinajstić information content (AvgIpc) is 2.44. The minimum Gasteiger partial charge on any atom is -0.383 e. The van der Waals surface area contributed by atoms with Crippen LogP contribution in [0, 0.1) is 0 Å². The maximum Gasteiger partial charge on any atom is 0.411 e. The van der Waals surface area contributed by atoms with E-state index in [0.717, 1.165) is 0 Å². The molecule has 7 heteroatoms. The van der Waals surface area contributed by atoms with E-state index in [1.54, 1.807) is 5.38 Å². The van der Waals surface area contributed by atoms with Gasteiger partial charge in [-0.2, -0.15) is 13.2 Å². The summed E-state index contributed by atoms with van der Waals surface area (Å²) in [6.07, 6.45) is -3.90. The van der Waals surface area contributed by atoms with Crippen molar-refractivity contribution in [3.63, 3.8) is 0 Å². The fourth-order valence-electron chi connectivity index (χ4n) is 0.787. The van der Waals surface area contributed by atoms with Crippen molar-refractivity contribution in [3.05, 3.63) is 10.4 Å². The number of ether oxygens (including phenoxy) is 1. The lowest BCUT2D eigenvalue weighted by Crippen LogP contribution is -2.17. The summed E-state index contributed by atoms with van der Waals surface area (Å²) < 4.78 is 39.3. The van der Waals surface area contributed by atoms with E-state index in [-0.39, 0.29) is 6.61 Å². The third-order valence-electron chi connectivity index (χ3n) is 1.30. The summed E-state index contributed by atoms with van der Waals surface area (Å²) >= 11 is 1.31. The van der Waals surface area contributed by atoms with Crippen LogP contribution in [-0.4, -0.2) is 24.4 Å². The lowest BCUT2D eigenvalue weighted by atomic mass is 10.5. The lowest BCUT2D eigenvalue weighted by molar-refractivity contribution is -0.173. The first-order chi connectivity index (χ1) is 6.47. The van der Waals surface area contributed by atoms with Crippen molar-refractivity contribution in [2.75, 3.05) is 18.9 Å². The number of alkyl halides is 3. The van der Waals surface area contributed by atoms with E-state index in [9.17, 15) is 13.2 Å². The first-order valence-electron chi connectivity index (χ1n) is 3.82. The van der Waals surface area contributed by atoms with Crippen LogP contribution < -0.4 is 5.73 Å². The van der Waals surface area contributed by atoms with E-state index in [1.807, 2.05) is 0 Å². The molecule has 0 fully saturated rings. The molecule has 0 aliphatic carbocycles. The Balaban J connectivity index is 2.16. The molecule has 0 amide bonds. The Hall–Kier alpha value is -0.820. The molecule has 0 saturated heterocycles. The van der Waals surface area contributed by atoms with Gasteiger partial charge in [0.15, 0.2) is 0 Å². The molecule has 1 aromatic heterocycles. The van der Waals surface area contributed by atoms with Crippen LogP contribution in [0.2, 0.25) is 0 Å². The summed E-state index contributed by atoms with van der Waals surface area (Å²) in [6.45, 7) is -1.21. The number of anilines is 1. The zero-order valence-electron chi connectivity index (χ0n) is 7.17. The van der Waals surface area contributed by atoms with Gasteiger partial charge in [0.25, 0.3) is 0 Å². The van der Waals surface area contributed by atoms with Crippen molar-refractivity contribution in [2.45, 2.75) is 12.6 Å². The van der Waals surface area contributed by atoms with E-state index in [4.69, 9.17) is 5.73 Å². The third-order valence-corrected chi connectivity index (χ3v) is 2.22. The van der Waals surface area contributed by atoms with Crippen molar-refractivity contribution in [1.82, 2.24) is 4.98 Å². The number of nitrogens with zero attached hydrogens (tertiary/aromatic N) is 1. The molecule has 0 unspecified atom stereocenters. The van der Waals surface area contributed by atoms with Gasteiger partial charge in [-0.1, -0.05) is 0 Å². The molecule has 0 bridgehead atoms. The van der Waals surface area contributed by atoms with Gasteiger partial charge in [0.05, 0.1) is 11.6 Å². The zero-order valence-corrected chi connectivity index (χ0v) is 7.99. The zero-order chi connectivity index (χ0) is 10.6. The average molecular weight is 226 g/mol. The van der Waals surface area contributed by atoms with Crippen LogP contribution in [0.4, 0.5) is 19.0 Å². The van der Waals surface area contributed by atoms with Crippen molar-refractivity contribution >= 4 is 17.2 Å². The van der Waals surface area contributed by atoms with Crippen molar-refractivity contribution in [3.8, 4) is 0 Å². The van der Waals surface area contributed by atoms with Crippen molar-refractivity contribution < 1.29 is 17.9 Å². The summed E-state index contributed by atoms with van der Waals surface area (Å²) in [4.78, 5) is 3.88. The maximum absolute atomic E-state index is 11.6. The van der Waals surface area contributed by atoms with Gasteiger partial charge in [-0.3, -0.25) is 0 Å². The fourth-order valence-corrected chi connectivity index (χ4v) is 1.46. The lowest BCUT2D eigenvalue weighted by Gasteiger charge is -2.05. The second kappa shape index (κ2) is 4.61. The Morgan fingerprint density at radius 3 is 2.71 bits per heavy atom. The standard InChI is InChI=1S/C7H9F3N2OS/c8-7(9,10)4-13-2-1-6-12-5(11)3-14-6/h3H,1-2,4,11H2. The van der Waals surface area contributed by atoms with Crippen LogP contribution in [-0.2, 0) is 11.2 Å². The molecule has 0 radical (unpaired) electrons. The molecular weight excluding hydrogens is 217 g/mol. The van der Waals surface area contributed by atoms with Crippen LogP contribution in [0.5, 0.6) is 0 Å². The predicted molar refractivity (Wildman–Crippen MR) is 47.1 cm³/mol. The van der Waals surface area contributed by atoms with Gasteiger partial charge in [-0.15, -0.1) is 11.3 Å². The van der Waals surface area contributed by atoms with Crippen molar-refractivity contribution in [2.24, 2.45) is 0 Å². The van der Waals surface area contributed by atoms with Crippen LogP contribution in [0.25, 0.3) is 0 Å². The predicted octanol–water partition coefficient (Wildman–Crippen LogP) is 1.85. The van der Waals surface area contributed by atoms with Gasteiger partial charge < -0.3 is 10.5 Å². The minimum atomic E-state index is -4.26. The minimum absolute atomic E-state index is 0.00641. The van der Waals surface area contributed by atoms with Crippen molar-refractivity contribution in [1.29, 1.82) is 0 Å². The molecule has 0 atom stereocenters. The first-order valence-corrected chi connectivity index (χ1v) is 4.70. The topological polar surface area (TPSA) is 48.1 Å². The Labute approximate surface area is 82.7 Å². The van der Waals surface area contributed by atoms with E-state index in [0.29, 0.717) is 17.2 Å². The SMILES string of the molecule is Nc1csc(CCOCC(F)(F)F)n1. The van der Waals surface area contributed by atoms with Crippen LogP contribution in [0.1, 0.15) is 5.01 Å². The number of aromatic nitrogens is 1. The van der Waals surface area contributed by atoms with E-state index in [1.165, 1.54) is 11.3 Å². The number of hydrogen-bond acceptors (Lipinski definition) is 4. The second-order valence-corrected chi connectivity index (χ2v) is 3.53. The van der Waals surface area contributed by atoms with E-state index >= 15 is 0 Å². The molecule has 2 N–H and O–H groups in total. The highest BCUT2D eigenvalue weighted by molar-refractivity contribution is 7.10. The molecule has 1 rings (SSSR count). The highest BCUT2D eigenvalue weighted by Gasteiger charge is 2.27. The molecule has 1 aromatic rings. The molecule has 0 aliphatic rings. The highest BCUT2D eigenvalue weighted by Crippen LogP contribution is 2.15. The van der Waals surface area contributed by atoms with Gasteiger partial charge in [0, 0.05) is 11.8 Å². The van der Waals surface area contributed by atoms with Crippen LogP contribution in [0.3, 0.4) is 0 Å². The van der Waals surface area contributed by atoms with Gasteiger partial charge in [-0.25, -0.2) is 4.98 Å². The molecule has 1 heterocycles. The summed E-state index contributed by atoms with van der Waals surface area (Å²) in [5.41, 5.74) is 5.33. The largest absolute Gasteiger partial charge is 0.411 e. The monoisotopic (exact) mass is 226 g/mol. The van der Waals surface area contributed by atoms with Crippen LogP contribution in [0.15, 0.2) is 5.38 Å². The van der Waals surface area contributed by atoms with Gasteiger partial charge in [-0.05, 0) is 0 Å². The smallest absolute Gasteiger partial charge is 0.383 e. The Kier molecular flexibility index (Phi) is 3.70. The highest BCUT2D eigenvalue weighted by atomic mass is 32.1. The fraction of sp³-hybridized carbons (Fsp3) is 0.571. The van der Waals surface area contributed by atoms with E-state index < -0.39 is 12.8 Å². The second-order valence-electron chi connectivity index (χ2n) is 2.58. The first kappa shape index (κ1) is 11.3. The summed E-state index contributed by atoms with van der Waals surface area (Å²) in [5.74, 6) is 0.390.